The van der Waals surface area contributed by atoms with Gasteiger partial charge in [-0.25, -0.2) is 8.42 Å². The highest BCUT2D eigenvalue weighted by Crippen LogP contribution is 2.19. The molecule has 1 N–H and O–H groups in total. The molecule has 1 saturated heterocycles. The number of benzene rings is 2. The molecule has 0 saturated carbocycles. The van der Waals surface area contributed by atoms with E-state index in [9.17, 15) is 13.2 Å². The fourth-order valence-electron chi connectivity index (χ4n) is 3.90. The van der Waals surface area contributed by atoms with Crippen LogP contribution in [-0.2, 0) is 10.0 Å². The van der Waals surface area contributed by atoms with Crippen molar-refractivity contribution in [2.75, 3.05) is 51.2 Å². The number of sulfonamides is 1. The van der Waals surface area contributed by atoms with Gasteiger partial charge in [0.1, 0.15) is 0 Å². The second kappa shape index (κ2) is 11.1. The van der Waals surface area contributed by atoms with Gasteiger partial charge in [0.05, 0.1) is 4.90 Å². The molecule has 180 valence electrons. The van der Waals surface area contributed by atoms with E-state index < -0.39 is 10.0 Å². The molecule has 0 bridgehead atoms. The van der Waals surface area contributed by atoms with Crippen LogP contribution in [-0.4, -0.2) is 75.9 Å². The molecular formula is C25H36N4O3S. The first kappa shape index (κ1) is 25.2. The number of amides is 1. The molecule has 2 aromatic rings. The quantitative estimate of drug-likeness (QED) is 0.568. The van der Waals surface area contributed by atoms with Crippen molar-refractivity contribution in [1.82, 2.24) is 14.5 Å². The summed E-state index contributed by atoms with van der Waals surface area (Å²) in [4.78, 5) is 17.5. The van der Waals surface area contributed by atoms with Gasteiger partial charge in [0.2, 0.25) is 10.0 Å². The Hall–Kier alpha value is -2.42. The minimum Gasteiger partial charge on any atom is -0.369 e. The van der Waals surface area contributed by atoms with Crippen LogP contribution in [0.25, 0.3) is 0 Å². The highest BCUT2D eigenvalue weighted by Gasteiger charge is 2.24. The fraction of sp³-hybridized carbons (Fsp3) is 0.480. The average molecular weight is 473 g/mol. The Bertz CT molecular complexity index is 1050. The molecule has 0 aromatic heterocycles. The molecule has 0 unspecified atom stereocenters. The third-order valence-electron chi connectivity index (χ3n) is 6.18. The maximum Gasteiger partial charge on any atom is 0.251 e. The number of anilines is 1. The zero-order valence-corrected chi connectivity index (χ0v) is 20.9. The second-order valence-electron chi connectivity index (χ2n) is 8.92. The largest absolute Gasteiger partial charge is 0.369 e. The van der Waals surface area contributed by atoms with Crippen molar-refractivity contribution in [2.24, 2.45) is 0 Å². The van der Waals surface area contributed by atoms with Crippen LogP contribution < -0.4 is 10.2 Å². The standard InChI is InChI=1S/C25H36N4O3S/c1-20(2)27(4)33(31,32)24-11-6-9-22(19-24)25(30)26-12-7-13-28-14-16-29(17-15-28)23-10-5-8-21(3)18-23/h5-6,8-11,18-20H,7,12-17H2,1-4H3,(H,26,30). The van der Waals surface area contributed by atoms with Crippen molar-refractivity contribution in [3.05, 3.63) is 59.7 Å². The summed E-state index contributed by atoms with van der Waals surface area (Å²) in [7, 11) is -2.07. The minimum absolute atomic E-state index is 0.137. The molecule has 1 aliphatic heterocycles. The molecule has 7 nitrogen and oxygen atoms in total. The van der Waals surface area contributed by atoms with E-state index >= 15 is 0 Å². The monoisotopic (exact) mass is 472 g/mol. The molecule has 0 spiro atoms. The van der Waals surface area contributed by atoms with Gasteiger partial charge >= 0.3 is 0 Å². The molecule has 33 heavy (non-hydrogen) atoms. The summed E-state index contributed by atoms with van der Waals surface area (Å²) in [5, 5.41) is 2.93. The summed E-state index contributed by atoms with van der Waals surface area (Å²) in [5.41, 5.74) is 2.92. The third kappa shape index (κ3) is 6.56. The number of carbonyl (C=O) groups excluding carboxylic acids is 1. The van der Waals surface area contributed by atoms with Crippen LogP contribution in [0.1, 0.15) is 36.2 Å². The molecule has 8 heteroatoms. The zero-order valence-electron chi connectivity index (χ0n) is 20.1. The van der Waals surface area contributed by atoms with E-state index in [1.54, 1.807) is 19.2 Å². The van der Waals surface area contributed by atoms with Crippen LogP contribution in [0, 0.1) is 6.92 Å². The van der Waals surface area contributed by atoms with Crippen molar-refractivity contribution in [1.29, 1.82) is 0 Å². The lowest BCUT2D eigenvalue weighted by molar-refractivity contribution is 0.0951. The summed E-state index contributed by atoms with van der Waals surface area (Å²) in [6, 6.07) is 14.7. The van der Waals surface area contributed by atoms with Crippen molar-refractivity contribution in [2.45, 2.75) is 38.1 Å². The number of aryl methyl sites for hydroxylation is 1. The SMILES string of the molecule is Cc1cccc(N2CCN(CCCNC(=O)c3cccc(S(=O)(=O)N(C)C(C)C)c3)CC2)c1. The lowest BCUT2D eigenvalue weighted by atomic mass is 10.2. The van der Waals surface area contributed by atoms with Crippen LogP contribution in [0.4, 0.5) is 5.69 Å². The van der Waals surface area contributed by atoms with Gasteiger partial charge in [-0.3, -0.25) is 9.69 Å². The van der Waals surface area contributed by atoms with Crippen molar-refractivity contribution >= 4 is 21.6 Å². The maximum absolute atomic E-state index is 12.7. The Morgan fingerprint density at radius 2 is 1.76 bits per heavy atom. The fourth-order valence-corrected chi connectivity index (χ4v) is 5.32. The highest BCUT2D eigenvalue weighted by atomic mass is 32.2. The first-order valence-corrected chi connectivity index (χ1v) is 13.0. The van der Waals surface area contributed by atoms with Gasteiger partial charge in [-0.1, -0.05) is 18.2 Å². The van der Waals surface area contributed by atoms with Gasteiger partial charge in [0.25, 0.3) is 5.91 Å². The molecule has 2 aromatic carbocycles. The first-order valence-electron chi connectivity index (χ1n) is 11.6. The minimum atomic E-state index is -3.62. The van der Waals surface area contributed by atoms with E-state index in [0.717, 1.165) is 39.1 Å². The highest BCUT2D eigenvalue weighted by molar-refractivity contribution is 7.89. The van der Waals surface area contributed by atoms with Gasteiger partial charge in [0.15, 0.2) is 0 Å². The molecule has 1 heterocycles. The molecular weight excluding hydrogens is 436 g/mol. The van der Waals surface area contributed by atoms with E-state index in [2.05, 4.69) is 46.3 Å². The second-order valence-corrected chi connectivity index (χ2v) is 10.9. The summed E-state index contributed by atoms with van der Waals surface area (Å²) < 4.78 is 26.7. The lowest BCUT2D eigenvalue weighted by Gasteiger charge is -2.36. The Morgan fingerprint density at radius 3 is 2.42 bits per heavy atom. The normalized spacial score (nSPS) is 15.3. The Morgan fingerprint density at radius 1 is 1.06 bits per heavy atom. The maximum atomic E-state index is 12.7. The number of piperazine rings is 1. The van der Waals surface area contributed by atoms with Crippen molar-refractivity contribution in [3.8, 4) is 0 Å². The third-order valence-corrected chi connectivity index (χ3v) is 8.21. The summed E-state index contributed by atoms with van der Waals surface area (Å²) in [6.45, 7) is 11.2. The molecule has 0 radical (unpaired) electrons. The van der Waals surface area contributed by atoms with Crippen LogP contribution in [0.15, 0.2) is 53.4 Å². The van der Waals surface area contributed by atoms with Crippen LogP contribution in [0.2, 0.25) is 0 Å². The number of hydrogen-bond acceptors (Lipinski definition) is 5. The molecule has 1 fully saturated rings. The van der Waals surface area contributed by atoms with E-state index in [4.69, 9.17) is 0 Å². The van der Waals surface area contributed by atoms with Gasteiger partial charge in [0, 0.05) is 57.1 Å². The van der Waals surface area contributed by atoms with E-state index in [-0.39, 0.29) is 16.8 Å². The van der Waals surface area contributed by atoms with Crippen LogP contribution in [0.3, 0.4) is 0 Å². The number of carbonyl (C=O) groups is 1. The average Bonchev–Trinajstić information content (AvgIpc) is 2.81. The predicted molar refractivity (Wildman–Crippen MR) is 133 cm³/mol. The molecule has 0 aliphatic carbocycles. The summed E-state index contributed by atoms with van der Waals surface area (Å²) >= 11 is 0. The first-order chi connectivity index (χ1) is 15.7. The van der Waals surface area contributed by atoms with Crippen molar-refractivity contribution < 1.29 is 13.2 Å². The summed E-state index contributed by atoms with van der Waals surface area (Å²) in [5.74, 6) is -0.247. The Balaban J connectivity index is 1.44. The summed E-state index contributed by atoms with van der Waals surface area (Å²) in [6.07, 6.45) is 0.851. The van der Waals surface area contributed by atoms with Crippen LogP contribution >= 0.6 is 0 Å². The number of nitrogens with one attached hydrogen (secondary N) is 1. The molecule has 1 amide bonds. The van der Waals surface area contributed by atoms with Gasteiger partial charge in [-0.2, -0.15) is 4.31 Å². The Labute approximate surface area is 198 Å². The van der Waals surface area contributed by atoms with Gasteiger partial charge in [-0.05, 0) is 69.6 Å². The Kier molecular flexibility index (Phi) is 8.51. The zero-order chi connectivity index (χ0) is 24.0. The molecule has 1 aliphatic rings. The number of rotatable bonds is 9. The molecule has 0 atom stereocenters. The van der Waals surface area contributed by atoms with E-state index in [1.165, 1.54) is 27.7 Å². The van der Waals surface area contributed by atoms with Gasteiger partial charge in [-0.15, -0.1) is 0 Å². The molecule has 3 rings (SSSR count). The van der Waals surface area contributed by atoms with Crippen LogP contribution in [0.5, 0.6) is 0 Å². The topological polar surface area (TPSA) is 73.0 Å². The van der Waals surface area contributed by atoms with Gasteiger partial charge < -0.3 is 10.2 Å². The van der Waals surface area contributed by atoms with Crippen molar-refractivity contribution in [3.63, 3.8) is 0 Å². The number of nitrogens with zero attached hydrogens (tertiary/aromatic N) is 3. The van der Waals surface area contributed by atoms with E-state index in [0.29, 0.717) is 12.1 Å². The predicted octanol–water partition coefficient (Wildman–Crippen LogP) is 2.97. The number of hydrogen-bond donors (Lipinski definition) is 1. The smallest absolute Gasteiger partial charge is 0.251 e. The lowest BCUT2D eigenvalue weighted by Crippen LogP contribution is -2.47. The van der Waals surface area contributed by atoms with E-state index in [1.807, 2.05) is 13.8 Å².